The van der Waals surface area contributed by atoms with Gasteiger partial charge in [-0.05, 0) is 63.1 Å². The molecule has 28 heavy (non-hydrogen) atoms. The number of aromatic nitrogens is 3. The number of piperidine rings is 1. The van der Waals surface area contributed by atoms with Gasteiger partial charge in [-0.25, -0.2) is 0 Å². The zero-order valence-electron chi connectivity index (χ0n) is 15.9. The van der Waals surface area contributed by atoms with E-state index < -0.39 is 0 Å². The molecule has 1 saturated heterocycles. The molecule has 1 aliphatic rings. The number of anilines is 2. The summed E-state index contributed by atoms with van der Waals surface area (Å²) < 4.78 is 2.11. The summed E-state index contributed by atoms with van der Waals surface area (Å²) in [4.78, 5) is 14.9. The molecule has 1 N–H and O–H groups in total. The number of hydrogen-bond acceptors (Lipinski definition) is 5. The maximum Gasteiger partial charge on any atom is 0.229 e. The molecule has 1 fully saturated rings. The van der Waals surface area contributed by atoms with Crippen molar-refractivity contribution < 1.29 is 4.79 Å². The Kier molecular flexibility index (Phi) is 5.37. The van der Waals surface area contributed by atoms with Gasteiger partial charge in [-0.15, -0.1) is 10.2 Å². The number of nitrogens with one attached hydrogen (secondary N) is 1. The Bertz CT molecular complexity index is 961. The van der Waals surface area contributed by atoms with Gasteiger partial charge in [0.1, 0.15) is 0 Å². The highest BCUT2D eigenvalue weighted by molar-refractivity contribution is 7.17. The number of carbonyl (C=O) groups is 1. The average Bonchev–Trinajstić information content (AvgIpc) is 3.30. The van der Waals surface area contributed by atoms with Crippen molar-refractivity contribution >= 4 is 39.7 Å². The predicted molar refractivity (Wildman–Crippen MR) is 114 cm³/mol. The third-order valence-electron chi connectivity index (χ3n) is 5.04. The number of halogens is 1. The summed E-state index contributed by atoms with van der Waals surface area (Å²) in [7, 11) is 0. The van der Waals surface area contributed by atoms with Gasteiger partial charge in [0.15, 0.2) is 0 Å². The van der Waals surface area contributed by atoms with Crippen molar-refractivity contribution in [2.24, 2.45) is 5.92 Å². The van der Waals surface area contributed by atoms with E-state index in [-0.39, 0.29) is 11.8 Å². The fourth-order valence-corrected chi connectivity index (χ4v) is 4.67. The van der Waals surface area contributed by atoms with E-state index in [9.17, 15) is 4.79 Å². The number of amides is 1. The SMILES string of the molecule is Cc1ccc(C)n1-c1nnc(N2CCCC(C(=O)Nc3ccc(Cl)cc3)C2)s1. The average molecular weight is 416 g/mol. The second kappa shape index (κ2) is 7.93. The molecule has 2 aromatic heterocycles. The van der Waals surface area contributed by atoms with E-state index in [1.807, 2.05) is 12.1 Å². The molecule has 1 unspecified atom stereocenters. The molecular formula is C20H22ClN5OS. The summed E-state index contributed by atoms with van der Waals surface area (Å²) in [6.07, 6.45) is 1.83. The molecule has 1 aliphatic heterocycles. The highest BCUT2D eigenvalue weighted by Gasteiger charge is 2.28. The Morgan fingerprint density at radius 3 is 2.50 bits per heavy atom. The second-order valence-electron chi connectivity index (χ2n) is 7.10. The maximum atomic E-state index is 12.7. The van der Waals surface area contributed by atoms with Crippen LogP contribution in [0.15, 0.2) is 36.4 Å². The van der Waals surface area contributed by atoms with E-state index >= 15 is 0 Å². The standard InChI is InChI=1S/C20H22ClN5OS/c1-13-5-6-14(2)26(13)20-24-23-19(28-20)25-11-3-4-15(12-25)18(27)22-17-9-7-16(21)8-10-17/h5-10,15H,3-4,11-12H2,1-2H3,(H,22,27). The monoisotopic (exact) mass is 415 g/mol. The Labute approximate surface area is 173 Å². The summed E-state index contributed by atoms with van der Waals surface area (Å²) in [5.74, 6) is -0.0410. The number of rotatable bonds is 4. The van der Waals surface area contributed by atoms with E-state index in [0.717, 1.165) is 46.7 Å². The van der Waals surface area contributed by atoms with Crippen molar-refractivity contribution in [2.75, 3.05) is 23.3 Å². The zero-order chi connectivity index (χ0) is 19.7. The molecule has 4 rings (SSSR count). The summed E-state index contributed by atoms with van der Waals surface area (Å²) >= 11 is 7.47. The van der Waals surface area contributed by atoms with Crippen LogP contribution in [0.25, 0.3) is 5.13 Å². The van der Waals surface area contributed by atoms with Crippen LogP contribution in [0.4, 0.5) is 10.8 Å². The predicted octanol–water partition coefficient (Wildman–Crippen LogP) is 4.45. The number of aryl methyl sites for hydroxylation is 2. The first-order chi connectivity index (χ1) is 13.5. The minimum absolute atomic E-state index is 0.0360. The molecule has 1 amide bonds. The van der Waals surface area contributed by atoms with Gasteiger partial charge in [0.2, 0.25) is 16.2 Å². The van der Waals surface area contributed by atoms with Crippen molar-refractivity contribution in [3.05, 3.63) is 52.8 Å². The van der Waals surface area contributed by atoms with E-state index in [4.69, 9.17) is 11.6 Å². The van der Waals surface area contributed by atoms with Crippen LogP contribution in [0, 0.1) is 19.8 Å². The summed E-state index contributed by atoms with van der Waals surface area (Å²) in [5.41, 5.74) is 3.04. The van der Waals surface area contributed by atoms with Crippen LogP contribution < -0.4 is 10.2 Å². The zero-order valence-corrected chi connectivity index (χ0v) is 17.4. The van der Waals surface area contributed by atoms with Crippen molar-refractivity contribution in [3.63, 3.8) is 0 Å². The van der Waals surface area contributed by atoms with Gasteiger partial charge in [-0.2, -0.15) is 0 Å². The lowest BCUT2D eigenvalue weighted by atomic mass is 9.97. The van der Waals surface area contributed by atoms with Gasteiger partial charge >= 0.3 is 0 Å². The van der Waals surface area contributed by atoms with Crippen LogP contribution in [-0.2, 0) is 4.79 Å². The highest BCUT2D eigenvalue weighted by atomic mass is 35.5. The number of nitrogens with zero attached hydrogens (tertiary/aromatic N) is 4. The first-order valence-electron chi connectivity index (χ1n) is 9.31. The lowest BCUT2D eigenvalue weighted by Crippen LogP contribution is -2.40. The van der Waals surface area contributed by atoms with Crippen LogP contribution in [0.2, 0.25) is 5.02 Å². The maximum absolute atomic E-state index is 12.7. The Hall–Kier alpha value is -2.38. The molecule has 1 atom stereocenters. The molecule has 0 bridgehead atoms. The third-order valence-corrected chi connectivity index (χ3v) is 6.26. The fraction of sp³-hybridized carbons (Fsp3) is 0.350. The van der Waals surface area contributed by atoms with Gasteiger partial charge in [0.05, 0.1) is 5.92 Å². The van der Waals surface area contributed by atoms with Crippen LogP contribution >= 0.6 is 22.9 Å². The summed E-state index contributed by atoms with van der Waals surface area (Å²) in [5, 5.41) is 14.1. The number of hydrogen-bond donors (Lipinski definition) is 1. The van der Waals surface area contributed by atoms with Gasteiger partial charge in [0.25, 0.3) is 0 Å². The van der Waals surface area contributed by atoms with E-state index in [0.29, 0.717) is 11.6 Å². The first kappa shape index (κ1) is 19.0. The van der Waals surface area contributed by atoms with Crippen LogP contribution in [0.1, 0.15) is 24.2 Å². The van der Waals surface area contributed by atoms with Gasteiger partial charge in [-0.1, -0.05) is 22.9 Å². The van der Waals surface area contributed by atoms with E-state index in [1.54, 1.807) is 23.5 Å². The molecule has 8 heteroatoms. The van der Waals surface area contributed by atoms with Crippen molar-refractivity contribution in [1.82, 2.24) is 14.8 Å². The Morgan fingerprint density at radius 2 is 1.79 bits per heavy atom. The third kappa shape index (κ3) is 3.91. The molecule has 6 nitrogen and oxygen atoms in total. The van der Waals surface area contributed by atoms with E-state index in [1.165, 1.54) is 0 Å². The van der Waals surface area contributed by atoms with Crippen molar-refractivity contribution in [2.45, 2.75) is 26.7 Å². The molecule has 1 aromatic carbocycles. The van der Waals surface area contributed by atoms with Crippen LogP contribution in [0.5, 0.6) is 0 Å². The van der Waals surface area contributed by atoms with Crippen LogP contribution in [-0.4, -0.2) is 33.8 Å². The first-order valence-corrected chi connectivity index (χ1v) is 10.5. The minimum atomic E-state index is -0.0770. The Morgan fingerprint density at radius 1 is 1.11 bits per heavy atom. The lowest BCUT2D eigenvalue weighted by molar-refractivity contribution is -0.120. The van der Waals surface area contributed by atoms with Crippen molar-refractivity contribution in [1.29, 1.82) is 0 Å². The highest BCUT2D eigenvalue weighted by Crippen LogP contribution is 2.29. The Balaban J connectivity index is 1.45. The van der Waals surface area contributed by atoms with Gasteiger partial charge < -0.3 is 10.2 Å². The summed E-state index contributed by atoms with van der Waals surface area (Å²) in [6, 6.07) is 11.3. The van der Waals surface area contributed by atoms with Gasteiger partial charge in [-0.3, -0.25) is 9.36 Å². The second-order valence-corrected chi connectivity index (χ2v) is 8.47. The molecule has 3 heterocycles. The molecule has 0 aliphatic carbocycles. The van der Waals surface area contributed by atoms with Crippen molar-refractivity contribution in [3.8, 4) is 5.13 Å². The molecular weight excluding hydrogens is 394 g/mol. The van der Waals surface area contributed by atoms with E-state index in [2.05, 4.69) is 51.0 Å². The summed E-state index contributed by atoms with van der Waals surface area (Å²) in [6.45, 7) is 5.67. The molecule has 0 spiro atoms. The number of benzene rings is 1. The topological polar surface area (TPSA) is 63.1 Å². The smallest absolute Gasteiger partial charge is 0.229 e. The minimum Gasteiger partial charge on any atom is -0.346 e. The number of carbonyl (C=O) groups excluding carboxylic acids is 1. The quantitative estimate of drug-likeness (QED) is 0.683. The molecule has 146 valence electrons. The largest absolute Gasteiger partial charge is 0.346 e. The lowest BCUT2D eigenvalue weighted by Gasteiger charge is -2.31. The molecule has 3 aromatic rings. The molecule has 0 radical (unpaired) electrons. The van der Waals surface area contributed by atoms with Gasteiger partial charge in [0, 0.05) is 35.2 Å². The normalized spacial score (nSPS) is 17.0. The fourth-order valence-electron chi connectivity index (χ4n) is 3.54. The van der Waals surface area contributed by atoms with Crippen LogP contribution in [0.3, 0.4) is 0 Å². The molecule has 0 saturated carbocycles.